The number of hydrogen-bond donors (Lipinski definition) is 1. The molecule has 21 heavy (non-hydrogen) atoms. The Morgan fingerprint density at radius 1 is 1.19 bits per heavy atom. The van der Waals surface area contributed by atoms with E-state index in [2.05, 4.69) is 0 Å². The lowest BCUT2D eigenvalue weighted by atomic mass is 10.1. The molecule has 2 aromatic rings. The number of hydrogen-bond acceptors (Lipinski definition) is 3. The third-order valence-electron chi connectivity index (χ3n) is 3.01. The lowest BCUT2D eigenvalue weighted by Gasteiger charge is -2.10. The normalized spacial score (nSPS) is 12.2. The second-order valence-electron chi connectivity index (χ2n) is 4.39. The van der Waals surface area contributed by atoms with Gasteiger partial charge in [0.15, 0.2) is 0 Å². The van der Waals surface area contributed by atoms with Crippen LogP contribution < -0.4 is 10.5 Å². The maximum absolute atomic E-state index is 12.5. The zero-order valence-corrected chi connectivity index (χ0v) is 13.8. The van der Waals surface area contributed by atoms with Crippen molar-refractivity contribution in [3.05, 3.63) is 57.6 Å². The van der Waals surface area contributed by atoms with E-state index in [0.717, 1.165) is 16.9 Å². The molecular formula is C15H15Cl2NO2S. The Kier molecular flexibility index (Phi) is 5.65. The van der Waals surface area contributed by atoms with E-state index < -0.39 is 10.8 Å². The fourth-order valence-corrected chi connectivity index (χ4v) is 4.12. The number of ether oxygens (including phenoxy) is 1. The summed E-state index contributed by atoms with van der Waals surface area (Å²) in [5, 5.41) is 0.821. The molecule has 0 aliphatic heterocycles. The van der Waals surface area contributed by atoms with Crippen molar-refractivity contribution in [3.63, 3.8) is 0 Å². The molecule has 0 aliphatic carbocycles. The van der Waals surface area contributed by atoms with Gasteiger partial charge in [-0.3, -0.25) is 4.21 Å². The van der Waals surface area contributed by atoms with Crippen LogP contribution in [0.15, 0.2) is 41.3 Å². The number of benzene rings is 2. The molecule has 3 nitrogen and oxygen atoms in total. The fourth-order valence-electron chi connectivity index (χ4n) is 2.00. The highest BCUT2D eigenvalue weighted by atomic mass is 35.5. The maximum Gasteiger partial charge on any atom is 0.123 e. The monoisotopic (exact) mass is 343 g/mol. The zero-order chi connectivity index (χ0) is 15.4. The van der Waals surface area contributed by atoms with Gasteiger partial charge >= 0.3 is 0 Å². The molecule has 1 atom stereocenters. The van der Waals surface area contributed by atoms with Crippen LogP contribution in [0.5, 0.6) is 5.75 Å². The molecule has 0 aliphatic rings. The third-order valence-corrected chi connectivity index (χ3v) is 5.35. The number of methoxy groups -OCH3 is 1. The maximum atomic E-state index is 12.5. The molecule has 0 bridgehead atoms. The molecule has 0 radical (unpaired) electrons. The number of halogens is 2. The molecule has 0 fully saturated rings. The molecular weight excluding hydrogens is 329 g/mol. The third kappa shape index (κ3) is 3.77. The first-order valence-electron chi connectivity index (χ1n) is 6.25. The molecule has 2 aromatic carbocycles. The summed E-state index contributed by atoms with van der Waals surface area (Å²) in [6.45, 7) is 0.358. The minimum atomic E-state index is -1.32. The molecule has 0 saturated heterocycles. The molecule has 6 heteroatoms. The molecule has 0 aromatic heterocycles. The standard InChI is InChI=1S/C15H15Cl2NO2S/c1-20-14-6-5-10(7-11(14)8-18)9-21(19)15-12(16)3-2-4-13(15)17/h2-7H,8-9,18H2,1H3. The van der Waals surface area contributed by atoms with Crippen LogP contribution in [0.3, 0.4) is 0 Å². The summed E-state index contributed by atoms with van der Waals surface area (Å²) in [6, 6.07) is 10.7. The van der Waals surface area contributed by atoms with E-state index in [1.54, 1.807) is 25.3 Å². The van der Waals surface area contributed by atoms with Crippen LogP contribution in [-0.4, -0.2) is 11.3 Å². The predicted molar refractivity (Wildman–Crippen MR) is 87.5 cm³/mol. The smallest absolute Gasteiger partial charge is 0.123 e. The van der Waals surface area contributed by atoms with Gasteiger partial charge < -0.3 is 10.5 Å². The summed E-state index contributed by atoms with van der Waals surface area (Å²) in [7, 11) is 0.271. The fraction of sp³-hybridized carbons (Fsp3) is 0.200. The predicted octanol–water partition coefficient (Wildman–Crippen LogP) is 3.77. The van der Waals surface area contributed by atoms with Gasteiger partial charge in [-0.05, 0) is 29.8 Å². The van der Waals surface area contributed by atoms with Gasteiger partial charge in [0.2, 0.25) is 0 Å². The van der Waals surface area contributed by atoms with Crippen LogP contribution in [0.25, 0.3) is 0 Å². The first-order valence-corrected chi connectivity index (χ1v) is 8.32. The lowest BCUT2D eigenvalue weighted by Crippen LogP contribution is -2.03. The van der Waals surface area contributed by atoms with Crippen LogP contribution in [0.2, 0.25) is 10.0 Å². The van der Waals surface area contributed by atoms with Crippen molar-refractivity contribution in [1.29, 1.82) is 0 Å². The van der Waals surface area contributed by atoms with Crippen molar-refractivity contribution in [1.82, 2.24) is 0 Å². The SMILES string of the molecule is COc1ccc(CS(=O)c2c(Cl)cccc2Cl)cc1CN. The summed E-state index contributed by atoms with van der Waals surface area (Å²) < 4.78 is 17.7. The highest BCUT2D eigenvalue weighted by Crippen LogP contribution is 2.29. The van der Waals surface area contributed by atoms with Crippen LogP contribution in [0, 0.1) is 0 Å². The summed E-state index contributed by atoms with van der Waals surface area (Å²) in [4.78, 5) is 0.464. The Morgan fingerprint density at radius 2 is 1.86 bits per heavy atom. The average molecular weight is 344 g/mol. The lowest BCUT2D eigenvalue weighted by molar-refractivity contribution is 0.409. The molecule has 2 rings (SSSR count). The number of rotatable bonds is 5. The second-order valence-corrected chi connectivity index (χ2v) is 6.59. The van der Waals surface area contributed by atoms with Crippen LogP contribution >= 0.6 is 23.2 Å². The van der Waals surface area contributed by atoms with E-state index in [0.29, 0.717) is 27.2 Å². The van der Waals surface area contributed by atoms with Crippen molar-refractivity contribution in [2.45, 2.75) is 17.2 Å². The van der Waals surface area contributed by atoms with Gasteiger partial charge in [-0.1, -0.05) is 35.3 Å². The Labute approximate surface area is 136 Å². The Balaban J connectivity index is 2.28. The van der Waals surface area contributed by atoms with Gasteiger partial charge in [0.1, 0.15) is 5.75 Å². The van der Waals surface area contributed by atoms with E-state index in [1.807, 2.05) is 18.2 Å². The highest BCUT2D eigenvalue weighted by molar-refractivity contribution is 7.84. The number of nitrogens with two attached hydrogens (primary N) is 1. The molecule has 112 valence electrons. The van der Waals surface area contributed by atoms with E-state index >= 15 is 0 Å². The largest absolute Gasteiger partial charge is 0.496 e. The van der Waals surface area contributed by atoms with Gasteiger partial charge in [0.25, 0.3) is 0 Å². The molecule has 0 amide bonds. The molecule has 0 saturated carbocycles. The van der Waals surface area contributed by atoms with E-state index in [-0.39, 0.29) is 0 Å². The van der Waals surface area contributed by atoms with Crippen LogP contribution in [-0.2, 0) is 23.1 Å². The second kappa shape index (κ2) is 7.27. The van der Waals surface area contributed by atoms with Crippen molar-refractivity contribution in [2.24, 2.45) is 5.73 Å². The molecule has 0 spiro atoms. The molecule has 2 N–H and O–H groups in total. The van der Waals surface area contributed by atoms with Gasteiger partial charge in [-0.2, -0.15) is 0 Å². The quantitative estimate of drug-likeness (QED) is 0.898. The molecule has 0 heterocycles. The summed E-state index contributed by atoms with van der Waals surface area (Å²) in [5.41, 5.74) is 7.45. The highest BCUT2D eigenvalue weighted by Gasteiger charge is 2.14. The Bertz CT molecular complexity index is 656. The minimum Gasteiger partial charge on any atom is -0.496 e. The topological polar surface area (TPSA) is 52.3 Å². The van der Waals surface area contributed by atoms with Crippen molar-refractivity contribution >= 4 is 34.0 Å². The van der Waals surface area contributed by atoms with Crippen molar-refractivity contribution in [2.75, 3.05) is 7.11 Å². The van der Waals surface area contributed by atoms with Crippen LogP contribution in [0.4, 0.5) is 0 Å². The summed E-state index contributed by atoms with van der Waals surface area (Å²) in [5.74, 6) is 1.04. The average Bonchev–Trinajstić information content (AvgIpc) is 2.46. The Morgan fingerprint density at radius 3 is 2.43 bits per heavy atom. The van der Waals surface area contributed by atoms with Crippen LogP contribution in [0.1, 0.15) is 11.1 Å². The van der Waals surface area contributed by atoms with E-state index in [9.17, 15) is 4.21 Å². The van der Waals surface area contributed by atoms with Gasteiger partial charge in [0.05, 0.1) is 38.6 Å². The van der Waals surface area contributed by atoms with Gasteiger partial charge in [-0.15, -0.1) is 0 Å². The van der Waals surface area contributed by atoms with Gasteiger partial charge in [0, 0.05) is 12.1 Å². The van der Waals surface area contributed by atoms with Crippen molar-refractivity contribution in [3.8, 4) is 5.75 Å². The summed E-state index contributed by atoms with van der Waals surface area (Å²) in [6.07, 6.45) is 0. The molecule has 1 unspecified atom stereocenters. The Hall–Kier alpha value is -1.07. The first kappa shape index (κ1) is 16.3. The van der Waals surface area contributed by atoms with Gasteiger partial charge in [-0.25, -0.2) is 0 Å². The minimum absolute atomic E-state index is 0.320. The van der Waals surface area contributed by atoms with E-state index in [4.69, 9.17) is 33.7 Å². The van der Waals surface area contributed by atoms with E-state index in [1.165, 1.54) is 0 Å². The zero-order valence-electron chi connectivity index (χ0n) is 11.4. The first-order chi connectivity index (χ1) is 10.1. The van der Waals surface area contributed by atoms with Crippen molar-refractivity contribution < 1.29 is 8.95 Å². The summed E-state index contributed by atoms with van der Waals surface area (Å²) >= 11 is 12.2.